The predicted molar refractivity (Wildman–Crippen MR) is 152 cm³/mol. The van der Waals surface area contributed by atoms with Gasteiger partial charge in [-0.3, -0.25) is 0 Å². The molecule has 0 radical (unpaired) electrons. The van der Waals surface area contributed by atoms with Crippen LogP contribution < -0.4 is 5.32 Å². The highest BCUT2D eigenvalue weighted by molar-refractivity contribution is 5.86. The number of hydrogen-bond acceptors (Lipinski definition) is 1. The second-order valence-corrected chi connectivity index (χ2v) is 11.3. The summed E-state index contributed by atoms with van der Waals surface area (Å²) in [5.74, 6) is 2.40. The standard InChI is InChI=1S/C35H35N/c1-2-26-21-24-11-10-14-27(22-24)35(26)32-17-8-6-16-30(32)31-20-19-28(23-33(31)35)36-34-18-9-7-15-29(34)25-12-4-3-5-13-25/h3-9,12-13,15-20,23-24,26-27,36H,2,10-11,14,21-22H2,1H3. The van der Waals surface area contributed by atoms with E-state index in [-0.39, 0.29) is 5.41 Å². The Hall–Kier alpha value is -3.32. The van der Waals surface area contributed by atoms with Crippen molar-refractivity contribution < 1.29 is 0 Å². The van der Waals surface area contributed by atoms with Crippen molar-refractivity contribution in [2.75, 3.05) is 5.32 Å². The summed E-state index contributed by atoms with van der Waals surface area (Å²) in [6.45, 7) is 2.44. The van der Waals surface area contributed by atoms with Gasteiger partial charge in [-0.2, -0.15) is 0 Å². The summed E-state index contributed by atoms with van der Waals surface area (Å²) in [7, 11) is 0. The van der Waals surface area contributed by atoms with Crippen molar-refractivity contribution in [2.45, 2.75) is 50.9 Å². The highest BCUT2D eigenvalue weighted by Crippen LogP contribution is 2.64. The van der Waals surface area contributed by atoms with Gasteiger partial charge >= 0.3 is 0 Å². The molecule has 4 aromatic carbocycles. The molecule has 0 aliphatic heterocycles. The molecule has 2 bridgehead atoms. The summed E-state index contributed by atoms with van der Waals surface area (Å²) < 4.78 is 0. The lowest BCUT2D eigenvalue weighted by Crippen LogP contribution is -2.48. The first kappa shape index (κ1) is 21.9. The first-order chi connectivity index (χ1) is 17.8. The maximum Gasteiger partial charge on any atom is 0.0463 e. The topological polar surface area (TPSA) is 12.0 Å². The van der Waals surface area contributed by atoms with Gasteiger partial charge in [-0.05, 0) is 83.0 Å². The van der Waals surface area contributed by atoms with Crippen LogP contribution in [-0.2, 0) is 5.41 Å². The fourth-order valence-corrected chi connectivity index (χ4v) is 8.25. The van der Waals surface area contributed by atoms with Crippen molar-refractivity contribution in [3.63, 3.8) is 0 Å². The number of hydrogen-bond donors (Lipinski definition) is 1. The zero-order valence-electron chi connectivity index (χ0n) is 21.2. The maximum atomic E-state index is 3.84. The van der Waals surface area contributed by atoms with Crippen molar-refractivity contribution in [3.05, 3.63) is 108 Å². The second-order valence-electron chi connectivity index (χ2n) is 11.3. The minimum Gasteiger partial charge on any atom is -0.355 e. The van der Waals surface area contributed by atoms with Gasteiger partial charge in [0.25, 0.3) is 0 Å². The highest BCUT2D eigenvalue weighted by Gasteiger charge is 2.56. The molecule has 0 aromatic heterocycles. The molecule has 1 nitrogen and oxygen atoms in total. The second kappa shape index (κ2) is 8.66. The van der Waals surface area contributed by atoms with E-state index < -0.39 is 0 Å². The lowest BCUT2D eigenvalue weighted by Gasteiger charge is -2.54. The fraction of sp³-hybridized carbons (Fsp3) is 0.314. The number of anilines is 2. The Kier molecular flexibility index (Phi) is 5.27. The largest absolute Gasteiger partial charge is 0.355 e. The fourth-order valence-electron chi connectivity index (χ4n) is 8.25. The number of fused-ring (bicyclic) bond motifs is 8. The molecule has 0 saturated heterocycles. The zero-order valence-corrected chi connectivity index (χ0v) is 21.2. The van der Waals surface area contributed by atoms with Crippen molar-refractivity contribution in [2.24, 2.45) is 17.8 Å². The van der Waals surface area contributed by atoms with Crippen LogP contribution in [0.1, 0.15) is 56.6 Å². The molecule has 1 heteroatoms. The molecule has 1 spiro atoms. The average molecular weight is 470 g/mol. The Bertz CT molecular complexity index is 1400. The molecule has 4 atom stereocenters. The smallest absolute Gasteiger partial charge is 0.0463 e. The van der Waals surface area contributed by atoms with Gasteiger partial charge in [0, 0.05) is 22.4 Å². The van der Waals surface area contributed by atoms with Gasteiger partial charge in [0.2, 0.25) is 0 Å². The van der Waals surface area contributed by atoms with E-state index in [0.29, 0.717) is 0 Å². The summed E-state index contributed by atoms with van der Waals surface area (Å²) in [6.07, 6.45) is 8.25. The molecule has 0 amide bonds. The Labute approximate surface area is 215 Å². The molecule has 4 aromatic rings. The lowest BCUT2D eigenvalue weighted by molar-refractivity contribution is 0.0557. The molecule has 0 heterocycles. The molecule has 2 saturated carbocycles. The summed E-state index contributed by atoms with van der Waals surface area (Å²) in [5, 5.41) is 3.84. The van der Waals surface area contributed by atoms with Gasteiger partial charge in [-0.25, -0.2) is 0 Å². The highest BCUT2D eigenvalue weighted by atomic mass is 14.9. The molecular formula is C35H35N. The Balaban J connectivity index is 1.37. The first-order valence-electron chi connectivity index (χ1n) is 13.9. The number of para-hydroxylation sites is 1. The first-order valence-corrected chi connectivity index (χ1v) is 13.9. The molecule has 3 aliphatic rings. The molecular weight excluding hydrogens is 434 g/mol. The number of rotatable bonds is 4. The van der Waals surface area contributed by atoms with Crippen molar-refractivity contribution in [1.29, 1.82) is 0 Å². The molecule has 3 aliphatic carbocycles. The van der Waals surface area contributed by atoms with Crippen LogP contribution in [0.3, 0.4) is 0 Å². The summed E-state index contributed by atoms with van der Waals surface area (Å²) in [6, 6.07) is 36.0. The summed E-state index contributed by atoms with van der Waals surface area (Å²) in [4.78, 5) is 0. The van der Waals surface area contributed by atoms with E-state index in [1.165, 1.54) is 72.2 Å². The third kappa shape index (κ3) is 3.22. The monoisotopic (exact) mass is 469 g/mol. The number of nitrogens with one attached hydrogen (secondary N) is 1. The van der Waals surface area contributed by atoms with Crippen LogP contribution >= 0.6 is 0 Å². The Morgan fingerprint density at radius 1 is 0.722 bits per heavy atom. The van der Waals surface area contributed by atoms with E-state index in [2.05, 4.69) is 109 Å². The third-order valence-electron chi connectivity index (χ3n) is 9.60. The van der Waals surface area contributed by atoms with Gasteiger partial charge in [0.15, 0.2) is 0 Å². The van der Waals surface area contributed by atoms with E-state index >= 15 is 0 Å². The quantitative estimate of drug-likeness (QED) is 0.314. The van der Waals surface area contributed by atoms with Crippen LogP contribution in [0.25, 0.3) is 22.3 Å². The predicted octanol–water partition coefficient (Wildman–Crippen LogP) is 9.60. The molecule has 7 rings (SSSR count). The summed E-state index contributed by atoms with van der Waals surface area (Å²) in [5.41, 5.74) is 11.2. The van der Waals surface area contributed by atoms with Crippen molar-refractivity contribution >= 4 is 11.4 Å². The van der Waals surface area contributed by atoms with E-state index in [1.807, 2.05) is 0 Å². The Morgan fingerprint density at radius 2 is 1.47 bits per heavy atom. The molecule has 1 N–H and O–H groups in total. The number of benzene rings is 4. The lowest BCUT2D eigenvalue weighted by atomic mass is 9.50. The maximum absolute atomic E-state index is 3.84. The van der Waals surface area contributed by atoms with Crippen molar-refractivity contribution in [1.82, 2.24) is 0 Å². The van der Waals surface area contributed by atoms with Crippen LogP contribution in [0, 0.1) is 17.8 Å². The van der Waals surface area contributed by atoms with Crippen LogP contribution in [0.4, 0.5) is 11.4 Å². The van der Waals surface area contributed by atoms with Gasteiger partial charge in [-0.15, -0.1) is 0 Å². The van der Waals surface area contributed by atoms with Gasteiger partial charge in [-0.1, -0.05) is 105 Å². The Morgan fingerprint density at radius 3 is 2.33 bits per heavy atom. The van der Waals surface area contributed by atoms with Gasteiger partial charge in [0.1, 0.15) is 0 Å². The molecule has 4 unspecified atom stereocenters. The van der Waals surface area contributed by atoms with Crippen LogP contribution in [0.15, 0.2) is 97.1 Å². The molecule has 2 fully saturated rings. The zero-order chi connectivity index (χ0) is 24.1. The average Bonchev–Trinajstić information content (AvgIpc) is 3.22. The van der Waals surface area contributed by atoms with E-state index in [0.717, 1.165) is 17.8 Å². The summed E-state index contributed by atoms with van der Waals surface area (Å²) >= 11 is 0. The van der Waals surface area contributed by atoms with Crippen LogP contribution in [0.5, 0.6) is 0 Å². The minimum absolute atomic E-state index is 0.161. The van der Waals surface area contributed by atoms with Crippen LogP contribution in [0.2, 0.25) is 0 Å². The molecule has 36 heavy (non-hydrogen) atoms. The van der Waals surface area contributed by atoms with Gasteiger partial charge < -0.3 is 5.32 Å². The van der Waals surface area contributed by atoms with Crippen molar-refractivity contribution in [3.8, 4) is 22.3 Å². The SMILES string of the molecule is CCC1CC2CCCC(C2)C12c1ccccc1-c1ccc(Nc3ccccc3-c3ccccc3)cc12. The normalized spacial score (nSPS) is 25.9. The van der Waals surface area contributed by atoms with Gasteiger partial charge in [0.05, 0.1) is 0 Å². The van der Waals surface area contributed by atoms with E-state index in [4.69, 9.17) is 0 Å². The minimum atomic E-state index is 0.161. The van der Waals surface area contributed by atoms with E-state index in [1.54, 1.807) is 11.1 Å². The van der Waals surface area contributed by atoms with Crippen LogP contribution in [-0.4, -0.2) is 0 Å². The van der Waals surface area contributed by atoms with E-state index in [9.17, 15) is 0 Å². The third-order valence-corrected chi connectivity index (χ3v) is 9.60. The molecule has 180 valence electrons.